The van der Waals surface area contributed by atoms with E-state index < -0.39 is 0 Å². The second kappa shape index (κ2) is 9.08. The van der Waals surface area contributed by atoms with Gasteiger partial charge < -0.3 is 14.5 Å². The maximum atomic E-state index is 12.8. The molecule has 4 rings (SSSR count). The SMILES string of the molecule is COc1cccc(Cc2cc(C)nc(C3CCN(C(=O)[C@@H]4CC(=O)N(C)C4)CC3)c2)c1. The van der Waals surface area contributed by atoms with Crippen molar-refractivity contribution >= 4 is 11.8 Å². The van der Waals surface area contributed by atoms with Gasteiger partial charge in [-0.15, -0.1) is 0 Å². The van der Waals surface area contributed by atoms with Crippen molar-refractivity contribution in [1.82, 2.24) is 14.8 Å². The average molecular weight is 422 g/mol. The van der Waals surface area contributed by atoms with Crippen molar-refractivity contribution in [3.8, 4) is 5.75 Å². The summed E-state index contributed by atoms with van der Waals surface area (Å²) in [5.41, 5.74) is 4.62. The summed E-state index contributed by atoms with van der Waals surface area (Å²) in [4.78, 5) is 33.0. The van der Waals surface area contributed by atoms with E-state index in [1.807, 2.05) is 24.0 Å². The molecule has 2 aliphatic rings. The number of nitrogens with zero attached hydrogens (tertiary/aromatic N) is 3. The van der Waals surface area contributed by atoms with E-state index in [4.69, 9.17) is 9.72 Å². The zero-order valence-corrected chi connectivity index (χ0v) is 18.6. The summed E-state index contributed by atoms with van der Waals surface area (Å²) in [6.07, 6.45) is 3.02. The van der Waals surface area contributed by atoms with E-state index >= 15 is 0 Å². The molecule has 0 aliphatic carbocycles. The molecule has 2 aliphatic heterocycles. The zero-order valence-electron chi connectivity index (χ0n) is 18.6. The van der Waals surface area contributed by atoms with Gasteiger partial charge in [-0.05, 0) is 61.6 Å². The van der Waals surface area contributed by atoms with Crippen molar-refractivity contribution in [2.45, 2.75) is 38.5 Å². The summed E-state index contributed by atoms with van der Waals surface area (Å²) in [6.45, 7) is 4.06. The monoisotopic (exact) mass is 421 g/mol. The molecule has 0 spiro atoms. The van der Waals surface area contributed by atoms with E-state index in [1.54, 1.807) is 19.1 Å². The average Bonchev–Trinajstić information content (AvgIpc) is 3.11. The van der Waals surface area contributed by atoms with Gasteiger partial charge in [0.05, 0.1) is 13.0 Å². The molecule has 6 nitrogen and oxygen atoms in total. The highest BCUT2D eigenvalue weighted by Crippen LogP contribution is 2.30. The minimum Gasteiger partial charge on any atom is -0.497 e. The minimum atomic E-state index is -0.180. The predicted molar refractivity (Wildman–Crippen MR) is 119 cm³/mol. The van der Waals surface area contributed by atoms with Crippen LogP contribution in [0.15, 0.2) is 36.4 Å². The minimum absolute atomic E-state index is 0.0702. The first-order valence-electron chi connectivity index (χ1n) is 11.1. The lowest BCUT2D eigenvalue weighted by Gasteiger charge is -2.33. The van der Waals surface area contributed by atoms with Gasteiger partial charge in [0.25, 0.3) is 0 Å². The van der Waals surface area contributed by atoms with Crippen LogP contribution >= 0.6 is 0 Å². The first-order valence-corrected chi connectivity index (χ1v) is 11.1. The molecule has 164 valence electrons. The summed E-state index contributed by atoms with van der Waals surface area (Å²) < 4.78 is 5.35. The maximum absolute atomic E-state index is 12.8. The van der Waals surface area contributed by atoms with Crippen LogP contribution < -0.4 is 4.74 Å². The Labute approximate surface area is 184 Å². The molecule has 0 bridgehead atoms. The quantitative estimate of drug-likeness (QED) is 0.744. The van der Waals surface area contributed by atoms with Gasteiger partial charge in [-0.2, -0.15) is 0 Å². The number of hydrogen-bond acceptors (Lipinski definition) is 4. The molecule has 31 heavy (non-hydrogen) atoms. The molecular weight excluding hydrogens is 390 g/mol. The lowest BCUT2D eigenvalue weighted by atomic mass is 9.90. The van der Waals surface area contributed by atoms with Crippen LogP contribution in [0.2, 0.25) is 0 Å². The maximum Gasteiger partial charge on any atom is 0.227 e. The third-order valence-electron chi connectivity index (χ3n) is 6.49. The van der Waals surface area contributed by atoms with Crippen LogP contribution in [0.3, 0.4) is 0 Å². The van der Waals surface area contributed by atoms with E-state index in [-0.39, 0.29) is 17.7 Å². The van der Waals surface area contributed by atoms with Gasteiger partial charge in [-0.3, -0.25) is 14.6 Å². The number of hydrogen-bond donors (Lipinski definition) is 0. The lowest BCUT2D eigenvalue weighted by molar-refractivity contribution is -0.136. The molecule has 2 saturated heterocycles. The van der Waals surface area contributed by atoms with Gasteiger partial charge in [-0.1, -0.05) is 12.1 Å². The topological polar surface area (TPSA) is 62.7 Å². The van der Waals surface area contributed by atoms with Crippen LogP contribution in [-0.4, -0.2) is 60.4 Å². The van der Waals surface area contributed by atoms with Gasteiger partial charge >= 0.3 is 0 Å². The number of aromatic nitrogens is 1. The molecule has 0 N–H and O–H groups in total. The highest BCUT2D eigenvalue weighted by atomic mass is 16.5. The van der Waals surface area contributed by atoms with Crippen molar-refractivity contribution in [2.75, 3.05) is 33.8 Å². The molecular formula is C25H31N3O3. The van der Waals surface area contributed by atoms with Crippen LogP contribution in [0.1, 0.15) is 47.7 Å². The molecule has 0 unspecified atom stereocenters. The summed E-state index contributed by atoms with van der Waals surface area (Å²) in [6, 6.07) is 12.5. The Bertz CT molecular complexity index is 966. The molecule has 2 fully saturated rings. The molecule has 0 radical (unpaired) electrons. The number of piperidine rings is 1. The summed E-state index contributed by atoms with van der Waals surface area (Å²) in [5.74, 6) is 1.25. The number of carbonyl (C=O) groups excluding carboxylic acids is 2. The molecule has 1 aromatic heterocycles. The fraction of sp³-hybridized carbons (Fsp3) is 0.480. The van der Waals surface area contributed by atoms with E-state index in [2.05, 4.69) is 24.3 Å². The molecule has 2 aromatic rings. The Morgan fingerprint density at radius 3 is 2.61 bits per heavy atom. The molecule has 0 saturated carbocycles. The second-order valence-corrected chi connectivity index (χ2v) is 8.84. The van der Waals surface area contributed by atoms with Gasteiger partial charge in [0.2, 0.25) is 11.8 Å². The Morgan fingerprint density at radius 1 is 1.16 bits per heavy atom. The van der Waals surface area contributed by atoms with Crippen LogP contribution in [-0.2, 0) is 16.0 Å². The third kappa shape index (κ3) is 4.89. The number of likely N-dealkylation sites (tertiary alicyclic amines) is 2. The molecule has 1 atom stereocenters. The second-order valence-electron chi connectivity index (χ2n) is 8.84. The largest absolute Gasteiger partial charge is 0.497 e. The van der Waals surface area contributed by atoms with Gasteiger partial charge in [0.1, 0.15) is 5.75 Å². The molecule has 2 amide bonds. The molecule has 1 aromatic carbocycles. The van der Waals surface area contributed by atoms with Crippen LogP contribution in [0.4, 0.5) is 0 Å². The van der Waals surface area contributed by atoms with E-state index in [0.29, 0.717) is 18.9 Å². The van der Waals surface area contributed by atoms with E-state index in [0.717, 1.165) is 49.5 Å². The van der Waals surface area contributed by atoms with Crippen LogP contribution in [0.5, 0.6) is 5.75 Å². The number of methoxy groups -OCH3 is 1. The van der Waals surface area contributed by atoms with Gasteiger partial charge in [0.15, 0.2) is 0 Å². The van der Waals surface area contributed by atoms with E-state index in [9.17, 15) is 9.59 Å². The van der Waals surface area contributed by atoms with E-state index in [1.165, 1.54) is 11.1 Å². The van der Waals surface area contributed by atoms with Crippen LogP contribution in [0, 0.1) is 12.8 Å². The third-order valence-corrected chi connectivity index (χ3v) is 6.49. The van der Waals surface area contributed by atoms with Crippen molar-refractivity contribution in [3.05, 3.63) is 58.9 Å². The lowest BCUT2D eigenvalue weighted by Crippen LogP contribution is -2.42. The summed E-state index contributed by atoms with van der Waals surface area (Å²) in [7, 11) is 3.46. The highest BCUT2D eigenvalue weighted by Gasteiger charge is 2.36. The number of rotatable bonds is 5. The summed E-state index contributed by atoms with van der Waals surface area (Å²) >= 11 is 0. The predicted octanol–water partition coefficient (Wildman–Crippen LogP) is 3.17. The standard InChI is InChI=1S/C25H31N3O3/c1-17-11-19(12-18-5-4-6-22(13-18)31-3)14-23(26-17)20-7-9-28(10-8-20)25(30)21-15-24(29)27(2)16-21/h4-6,11,13-14,20-21H,7-10,12,15-16H2,1-3H3/t21-/m1/s1. The number of carbonyl (C=O) groups is 2. The number of amides is 2. The van der Waals surface area contributed by atoms with Crippen LogP contribution in [0.25, 0.3) is 0 Å². The van der Waals surface area contributed by atoms with Gasteiger partial charge in [-0.25, -0.2) is 0 Å². The Morgan fingerprint density at radius 2 is 1.94 bits per heavy atom. The first-order chi connectivity index (χ1) is 14.9. The van der Waals surface area contributed by atoms with Crippen molar-refractivity contribution in [3.63, 3.8) is 0 Å². The Hall–Kier alpha value is -2.89. The van der Waals surface area contributed by atoms with Gasteiger partial charge in [0, 0.05) is 50.4 Å². The number of pyridine rings is 1. The number of aryl methyl sites for hydroxylation is 1. The Balaban J connectivity index is 1.40. The smallest absolute Gasteiger partial charge is 0.227 e. The normalized spacial score (nSPS) is 19.7. The van der Waals surface area contributed by atoms with Crippen molar-refractivity contribution < 1.29 is 14.3 Å². The van der Waals surface area contributed by atoms with Crippen molar-refractivity contribution in [1.29, 1.82) is 0 Å². The zero-order chi connectivity index (χ0) is 22.0. The Kier molecular flexibility index (Phi) is 6.25. The fourth-order valence-electron chi connectivity index (χ4n) is 4.78. The fourth-order valence-corrected chi connectivity index (χ4v) is 4.78. The number of ether oxygens (including phenoxy) is 1. The number of benzene rings is 1. The first kappa shape index (κ1) is 21.3. The highest BCUT2D eigenvalue weighted by molar-refractivity contribution is 5.89. The molecule has 3 heterocycles. The molecule has 6 heteroatoms. The van der Waals surface area contributed by atoms with Crippen molar-refractivity contribution in [2.24, 2.45) is 5.92 Å². The summed E-state index contributed by atoms with van der Waals surface area (Å²) in [5, 5.41) is 0.